The topological polar surface area (TPSA) is 146 Å². The van der Waals surface area contributed by atoms with E-state index in [1.165, 1.54) is 19.2 Å². The Morgan fingerprint density at radius 1 is 1.03 bits per heavy atom. The van der Waals surface area contributed by atoms with Crippen molar-refractivity contribution in [2.24, 2.45) is 5.11 Å². The number of carbonyl (C=O) groups excluding carboxylic acids is 3. The lowest BCUT2D eigenvalue weighted by Crippen LogP contribution is -2.62. The van der Waals surface area contributed by atoms with Crippen LogP contribution in [0.3, 0.4) is 0 Å². The molecule has 1 aliphatic heterocycles. The minimum atomic E-state index is -1.25. The third kappa shape index (κ3) is 5.92. The first-order chi connectivity index (χ1) is 13.9. The van der Waals surface area contributed by atoms with Crippen LogP contribution in [0.4, 0.5) is 0 Å². The molecule has 0 aliphatic carbocycles. The zero-order valence-corrected chi connectivity index (χ0v) is 16.1. The number of carbonyl (C=O) groups is 3. The van der Waals surface area contributed by atoms with Crippen LogP contribution in [-0.2, 0) is 33.3 Å². The SMILES string of the molecule is CO[C@H]1O[C@@H](CN=[N+]=[N-])[C@@H](OC(=O)c2ccccc2)[C@@H](OC(C)=O)[C@H]1OC(C)=O. The molecule has 0 unspecified atom stereocenters. The molecule has 29 heavy (non-hydrogen) atoms. The van der Waals surface area contributed by atoms with E-state index in [1.807, 2.05) is 0 Å². The molecule has 1 aliphatic rings. The second kappa shape index (κ2) is 10.4. The van der Waals surface area contributed by atoms with Crippen LogP contribution in [0.2, 0.25) is 0 Å². The molecule has 0 bridgehead atoms. The molecule has 0 radical (unpaired) electrons. The minimum Gasteiger partial charge on any atom is -0.454 e. The highest BCUT2D eigenvalue weighted by Gasteiger charge is 2.52. The highest BCUT2D eigenvalue weighted by molar-refractivity contribution is 5.89. The molecule has 1 fully saturated rings. The van der Waals surface area contributed by atoms with Crippen molar-refractivity contribution < 1.29 is 38.1 Å². The number of nitrogens with zero attached hydrogens (tertiary/aromatic N) is 3. The first-order valence-electron chi connectivity index (χ1n) is 8.67. The van der Waals surface area contributed by atoms with Gasteiger partial charge in [-0.25, -0.2) is 4.79 Å². The van der Waals surface area contributed by atoms with Gasteiger partial charge in [0.2, 0.25) is 0 Å². The summed E-state index contributed by atoms with van der Waals surface area (Å²) in [5.41, 5.74) is 8.90. The Hall–Kier alpha value is -3.14. The van der Waals surface area contributed by atoms with Crippen LogP contribution in [0.5, 0.6) is 0 Å². The van der Waals surface area contributed by atoms with Gasteiger partial charge in [-0.15, -0.1) is 0 Å². The lowest BCUT2D eigenvalue weighted by molar-refractivity contribution is -0.293. The first-order valence-corrected chi connectivity index (χ1v) is 8.67. The monoisotopic (exact) mass is 407 g/mol. The van der Waals surface area contributed by atoms with Crippen molar-refractivity contribution in [1.29, 1.82) is 0 Å². The van der Waals surface area contributed by atoms with E-state index < -0.39 is 48.6 Å². The van der Waals surface area contributed by atoms with Gasteiger partial charge in [0.05, 0.1) is 12.1 Å². The molecule has 0 aromatic heterocycles. The zero-order chi connectivity index (χ0) is 21.4. The minimum absolute atomic E-state index is 0.242. The Balaban J connectivity index is 2.40. The fourth-order valence-electron chi connectivity index (χ4n) is 2.88. The van der Waals surface area contributed by atoms with Crippen LogP contribution in [0.15, 0.2) is 35.4 Å². The molecule has 0 spiro atoms. The molecule has 2 rings (SSSR count). The predicted molar refractivity (Wildman–Crippen MR) is 96.4 cm³/mol. The largest absolute Gasteiger partial charge is 0.454 e. The second-order valence-corrected chi connectivity index (χ2v) is 6.08. The van der Waals surface area contributed by atoms with Crippen LogP contribution in [0.25, 0.3) is 10.4 Å². The molecular weight excluding hydrogens is 386 g/mol. The van der Waals surface area contributed by atoms with E-state index in [-0.39, 0.29) is 12.1 Å². The van der Waals surface area contributed by atoms with Crippen molar-refractivity contribution in [2.45, 2.75) is 44.6 Å². The molecule has 5 atom stereocenters. The van der Waals surface area contributed by atoms with Gasteiger partial charge >= 0.3 is 17.9 Å². The van der Waals surface area contributed by atoms with Gasteiger partial charge in [-0.05, 0) is 17.7 Å². The number of rotatable bonds is 7. The van der Waals surface area contributed by atoms with Gasteiger partial charge in [-0.2, -0.15) is 0 Å². The number of benzene rings is 1. The van der Waals surface area contributed by atoms with Gasteiger partial charge in [0.25, 0.3) is 0 Å². The Bertz CT molecular complexity index is 781. The summed E-state index contributed by atoms with van der Waals surface area (Å²) >= 11 is 0. The molecule has 0 amide bonds. The summed E-state index contributed by atoms with van der Waals surface area (Å²) in [5.74, 6) is -2.11. The summed E-state index contributed by atoms with van der Waals surface area (Å²) in [7, 11) is 1.30. The van der Waals surface area contributed by atoms with Crippen molar-refractivity contribution in [1.82, 2.24) is 0 Å². The average molecular weight is 407 g/mol. The maximum Gasteiger partial charge on any atom is 0.338 e. The van der Waals surface area contributed by atoms with Gasteiger partial charge in [0, 0.05) is 25.9 Å². The van der Waals surface area contributed by atoms with Crippen LogP contribution in [-0.4, -0.2) is 62.3 Å². The standard InChI is InChI=1S/C18H21N3O8/c1-10(22)26-15-14(29-17(24)12-7-5-4-6-8-12)13(9-20-21-19)28-18(25-3)16(15)27-11(2)23/h4-8,13-16,18H,9H2,1-3H3/t13-,14+,15+,16+,18-/m0/s1. The van der Waals surface area contributed by atoms with Crippen molar-refractivity contribution in [2.75, 3.05) is 13.7 Å². The van der Waals surface area contributed by atoms with Gasteiger partial charge < -0.3 is 23.7 Å². The molecule has 156 valence electrons. The highest BCUT2D eigenvalue weighted by atomic mass is 16.7. The van der Waals surface area contributed by atoms with Gasteiger partial charge in [0.1, 0.15) is 6.10 Å². The quantitative estimate of drug-likeness (QED) is 0.218. The number of azide groups is 1. The number of hydrogen-bond acceptors (Lipinski definition) is 9. The van der Waals surface area contributed by atoms with Crippen molar-refractivity contribution in [3.05, 3.63) is 46.3 Å². The summed E-state index contributed by atoms with van der Waals surface area (Å²) in [6, 6.07) is 8.11. The van der Waals surface area contributed by atoms with Crippen LogP contribution >= 0.6 is 0 Å². The van der Waals surface area contributed by atoms with Crippen LogP contribution < -0.4 is 0 Å². The Kier molecular flexibility index (Phi) is 7.96. The number of ether oxygens (including phenoxy) is 5. The summed E-state index contributed by atoms with van der Waals surface area (Å²) in [4.78, 5) is 38.5. The third-order valence-electron chi connectivity index (χ3n) is 4.01. The molecule has 11 heteroatoms. The molecule has 11 nitrogen and oxygen atoms in total. The lowest BCUT2D eigenvalue weighted by Gasteiger charge is -2.43. The fraction of sp³-hybridized carbons (Fsp3) is 0.500. The van der Waals surface area contributed by atoms with Crippen LogP contribution in [0.1, 0.15) is 24.2 Å². The molecule has 1 heterocycles. The highest BCUT2D eigenvalue weighted by Crippen LogP contribution is 2.30. The van der Waals surface area contributed by atoms with E-state index in [0.717, 1.165) is 13.8 Å². The average Bonchev–Trinajstić information content (AvgIpc) is 2.69. The van der Waals surface area contributed by atoms with Gasteiger partial charge in [-0.3, -0.25) is 9.59 Å². The van der Waals surface area contributed by atoms with E-state index in [4.69, 9.17) is 29.2 Å². The van der Waals surface area contributed by atoms with Crippen molar-refractivity contribution in [3.63, 3.8) is 0 Å². The number of methoxy groups -OCH3 is 1. The van der Waals surface area contributed by atoms with Crippen molar-refractivity contribution in [3.8, 4) is 0 Å². The van der Waals surface area contributed by atoms with E-state index in [0.29, 0.717) is 0 Å². The Labute approximate surface area is 166 Å². The smallest absolute Gasteiger partial charge is 0.338 e. The van der Waals surface area contributed by atoms with Gasteiger partial charge in [-0.1, -0.05) is 23.3 Å². The van der Waals surface area contributed by atoms with E-state index in [2.05, 4.69) is 10.0 Å². The zero-order valence-electron chi connectivity index (χ0n) is 16.1. The molecular formula is C18H21N3O8. The maximum absolute atomic E-state index is 12.6. The predicted octanol–water partition coefficient (Wildman–Crippen LogP) is 1.76. The van der Waals surface area contributed by atoms with Crippen LogP contribution in [0, 0.1) is 0 Å². The van der Waals surface area contributed by atoms with Crippen molar-refractivity contribution >= 4 is 17.9 Å². The summed E-state index contributed by atoms with van der Waals surface area (Å²) < 4.78 is 26.9. The summed E-state index contributed by atoms with van der Waals surface area (Å²) in [5, 5.41) is 3.45. The number of esters is 3. The summed E-state index contributed by atoms with van der Waals surface area (Å²) in [6.07, 6.45) is -5.85. The van der Waals surface area contributed by atoms with Gasteiger partial charge in [0.15, 0.2) is 24.6 Å². The second-order valence-electron chi connectivity index (χ2n) is 6.08. The fourth-order valence-corrected chi connectivity index (χ4v) is 2.88. The lowest BCUT2D eigenvalue weighted by atomic mass is 9.97. The van der Waals surface area contributed by atoms with E-state index in [9.17, 15) is 14.4 Å². The Morgan fingerprint density at radius 2 is 1.66 bits per heavy atom. The third-order valence-corrected chi connectivity index (χ3v) is 4.01. The molecule has 0 saturated carbocycles. The molecule has 1 aromatic carbocycles. The molecule has 0 N–H and O–H groups in total. The van der Waals surface area contributed by atoms with E-state index in [1.54, 1.807) is 18.2 Å². The van der Waals surface area contributed by atoms with E-state index >= 15 is 0 Å². The summed E-state index contributed by atoms with van der Waals surface area (Å²) in [6.45, 7) is 2.07. The molecule has 1 saturated heterocycles. The maximum atomic E-state index is 12.6. The molecule has 1 aromatic rings. The Morgan fingerprint density at radius 3 is 2.21 bits per heavy atom. The normalized spacial score (nSPS) is 26.0. The first kappa shape index (κ1) is 22.2. The number of hydrogen-bond donors (Lipinski definition) is 0.